The lowest BCUT2D eigenvalue weighted by Gasteiger charge is -2.22. The molecule has 0 saturated carbocycles. The van der Waals surface area contributed by atoms with Gasteiger partial charge in [-0.05, 0) is 38.1 Å². The van der Waals surface area contributed by atoms with Gasteiger partial charge in [0.25, 0.3) is 10.0 Å². The first-order valence-corrected chi connectivity index (χ1v) is 8.36. The van der Waals surface area contributed by atoms with Crippen molar-refractivity contribution in [3.63, 3.8) is 0 Å². The van der Waals surface area contributed by atoms with E-state index < -0.39 is 21.8 Å². The summed E-state index contributed by atoms with van der Waals surface area (Å²) in [6.07, 6.45) is 0. The van der Waals surface area contributed by atoms with Gasteiger partial charge < -0.3 is 9.52 Å². The second-order valence-corrected chi connectivity index (χ2v) is 7.82. The van der Waals surface area contributed by atoms with E-state index >= 15 is 0 Å². The summed E-state index contributed by atoms with van der Waals surface area (Å²) in [6.45, 7) is 3.71. The largest absolute Gasteiger partial charge is 0.475 e. The van der Waals surface area contributed by atoms with Crippen LogP contribution in [0, 0.1) is 6.92 Å². The lowest BCUT2D eigenvalue weighted by molar-refractivity contribution is 0.0656. The van der Waals surface area contributed by atoms with Gasteiger partial charge in [-0.2, -0.15) is 4.31 Å². The third kappa shape index (κ3) is 3.02. The summed E-state index contributed by atoms with van der Waals surface area (Å²) >= 11 is 1.51. The average molecular weight is 329 g/mol. The number of sulfonamides is 1. The van der Waals surface area contributed by atoms with E-state index in [0.717, 1.165) is 21.9 Å². The molecule has 21 heavy (non-hydrogen) atoms. The van der Waals surface area contributed by atoms with Crippen LogP contribution < -0.4 is 0 Å². The Bertz CT molecular complexity index is 759. The molecule has 1 N–H and O–H groups in total. The molecule has 1 unspecified atom stereocenters. The smallest absolute Gasteiger partial charge is 0.371 e. The minimum atomic E-state index is -3.88. The van der Waals surface area contributed by atoms with Crippen LogP contribution >= 0.6 is 11.3 Å². The molecular formula is C13H15NO5S2. The van der Waals surface area contributed by atoms with Crippen molar-refractivity contribution in [3.8, 4) is 0 Å². The topological polar surface area (TPSA) is 87.8 Å². The van der Waals surface area contributed by atoms with Crippen LogP contribution in [0.5, 0.6) is 0 Å². The van der Waals surface area contributed by atoms with Gasteiger partial charge in [-0.1, -0.05) is 0 Å². The number of hydrogen-bond acceptors (Lipinski definition) is 5. The van der Waals surface area contributed by atoms with E-state index in [-0.39, 0.29) is 11.1 Å². The van der Waals surface area contributed by atoms with Gasteiger partial charge in [-0.3, -0.25) is 0 Å². The molecule has 0 aliphatic rings. The van der Waals surface area contributed by atoms with Crippen molar-refractivity contribution in [1.29, 1.82) is 0 Å². The van der Waals surface area contributed by atoms with Crippen LogP contribution in [0.15, 0.2) is 33.8 Å². The molecule has 0 fully saturated rings. The molecule has 8 heteroatoms. The summed E-state index contributed by atoms with van der Waals surface area (Å²) in [4.78, 5) is 12.8. The molecule has 114 valence electrons. The molecular weight excluding hydrogens is 314 g/mol. The van der Waals surface area contributed by atoms with Gasteiger partial charge >= 0.3 is 5.97 Å². The molecule has 6 nitrogen and oxygen atoms in total. The zero-order chi connectivity index (χ0) is 15.8. The molecule has 2 rings (SSSR count). The van der Waals surface area contributed by atoms with Gasteiger partial charge in [0.2, 0.25) is 10.9 Å². The average Bonchev–Trinajstić information content (AvgIpc) is 3.05. The maximum atomic E-state index is 12.4. The number of hydrogen-bond donors (Lipinski definition) is 1. The summed E-state index contributed by atoms with van der Waals surface area (Å²) in [7, 11) is -2.44. The number of carbonyl (C=O) groups is 1. The minimum absolute atomic E-state index is 0.368. The molecule has 0 spiro atoms. The maximum Gasteiger partial charge on any atom is 0.371 e. The predicted octanol–water partition coefficient (Wildman–Crippen LogP) is 2.73. The van der Waals surface area contributed by atoms with E-state index in [1.807, 2.05) is 19.1 Å². The van der Waals surface area contributed by atoms with Gasteiger partial charge in [0, 0.05) is 16.8 Å². The number of nitrogens with zero attached hydrogens (tertiary/aromatic N) is 1. The summed E-state index contributed by atoms with van der Waals surface area (Å²) in [5, 5.41) is 8.42. The number of rotatable bonds is 5. The molecule has 0 radical (unpaired) electrons. The van der Waals surface area contributed by atoms with E-state index in [2.05, 4.69) is 0 Å². The van der Waals surface area contributed by atoms with Crippen molar-refractivity contribution in [2.24, 2.45) is 0 Å². The molecule has 0 amide bonds. The Morgan fingerprint density at radius 2 is 2.00 bits per heavy atom. The minimum Gasteiger partial charge on any atom is -0.475 e. The predicted molar refractivity (Wildman–Crippen MR) is 78.1 cm³/mol. The molecule has 0 bridgehead atoms. The number of carboxylic acid groups (broad SMARTS) is 1. The molecule has 0 aliphatic carbocycles. The Balaban J connectivity index is 2.31. The molecule has 1 atom stereocenters. The Labute approximate surface area is 126 Å². The molecule has 2 aromatic rings. The van der Waals surface area contributed by atoms with Crippen molar-refractivity contribution in [2.75, 3.05) is 7.05 Å². The standard InChI is InChI=1S/C13H15NO5S2/c1-8-4-6-11(20-8)9(2)14(3)21(17,18)12-7-5-10(19-12)13(15)16/h4-7,9H,1-3H3,(H,15,16). The third-order valence-electron chi connectivity index (χ3n) is 3.14. The van der Waals surface area contributed by atoms with E-state index in [1.165, 1.54) is 22.7 Å². The fourth-order valence-corrected chi connectivity index (χ4v) is 4.07. The summed E-state index contributed by atoms with van der Waals surface area (Å²) in [5.74, 6) is -1.71. The van der Waals surface area contributed by atoms with Crippen LogP contribution in [0.3, 0.4) is 0 Å². The first-order valence-electron chi connectivity index (χ1n) is 6.11. The van der Waals surface area contributed by atoms with E-state index in [9.17, 15) is 13.2 Å². The number of aromatic carboxylic acids is 1. The quantitative estimate of drug-likeness (QED) is 0.911. The molecule has 0 aromatic carbocycles. The SMILES string of the molecule is Cc1ccc(C(C)N(C)S(=O)(=O)c2ccc(C(=O)O)o2)s1. The second-order valence-electron chi connectivity index (χ2n) is 4.57. The summed E-state index contributed by atoms with van der Waals surface area (Å²) in [6, 6.07) is 5.71. The number of carboxylic acids is 1. The highest BCUT2D eigenvalue weighted by Gasteiger charge is 2.30. The van der Waals surface area contributed by atoms with Gasteiger partial charge in [-0.15, -0.1) is 11.3 Å². The number of aryl methyl sites for hydroxylation is 1. The summed E-state index contributed by atoms with van der Waals surface area (Å²) < 4.78 is 30.9. The second kappa shape index (κ2) is 5.63. The van der Waals surface area contributed by atoms with Crippen LogP contribution in [-0.2, 0) is 10.0 Å². The molecule has 0 aliphatic heterocycles. The van der Waals surface area contributed by atoms with Crippen molar-refractivity contribution >= 4 is 27.3 Å². The van der Waals surface area contributed by atoms with Crippen molar-refractivity contribution in [2.45, 2.75) is 25.0 Å². The zero-order valence-corrected chi connectivity index (χ0v) is 13.4. The Hall–Kier alpha value is -1.64. The lowest BCUT2D eigenvalue weighted by Crippen LogP contribution is -2.29. The first-order chi connectivity index (χ1) is 9.73. The molecule has 0 saturated heterocycles. The first kappa shape index (κ1) is 15.7. The number of thiophene rings is 1. The van der Waals surface area contributed by atoms with Crippen LogP contribution in [0.4, 0.5) is 0 Å². The van der Waals surface area contributed by atoms with Crippen LogP contribution in [0.1, 0.15) is 33.3 Å². The van der Waals surface area contributed by atoms with Gasteiger partial charge in [0.05, 0.1) is 6.04 Å². The van der Waals surface area contributed by atoms with Gasteiger partial charge in [0.15, 0.2) is 0 Å². The zero-order valence-electron chi connectivity index (χ0n) is 11.7. The highest BCUT2D eigenvalue weighted by atomic mass is 32.2. The monoisotopic (exact) mass is 329 g/mol. The van der Waals surface area contributed by atoms with E-state index in [1.54, 1.807) is 6.92 Å². The Kier molecular flexibility index (Phi) is 4.22. The summed E-state index contributed by atoms with van der Waals surface area (Å²) in [5.41, 5.74) is 0. The van der Waals surface area contributed by atoms with Crippen molar-refractivity contribution < 1.29 is 22.7 Å². The molecule has 2 aromatic heterocycles. The van der Waals surface area contributed by atoms with Crippen molar-refractivity contribution in [1.82, 2.24) is 4.31 Å². The van der Waals surface area contributed by atoms with E-state index in [4.69, 9.17) is 9.52 Å². The van der Waals surface area contributed by atoms with Crippen molar-refractivity contribution in [3.05, 3.63) is 39.8 Å². The fourth-order valence-electron chi connectivity index (χ4n) is 1.78. The number of furan rings is 1. The van der Waals surface area contributed by atoms with Crippen LogP contribution in [-0.4, -0.2) is 30.8 Å². The normalized spacial score (nSPS) is 13.5. The Morgan fingerprint density at radius 1 is 1.33 bits per heavy atom. The van der Waals surface area contributed by atoms with Gasteiger partial charge in [0.1, 0.15) is 0 Å². The van der Waals surface area contributed by atoms with E-state index in [0.29, 0.717) is 0 Å². The lowest BCUT2D eigenvalue weighted by atomic mass is 10.3. The Morgan fingerprint density at radius 3 is 2.48 bits per heavy atom. The van der Waals surface area contributed by atoms with Crippen LogP contribution in [0.25, 0.3) is 0 Å². The maximum absolute atomic E-state index is 12.4. The highest BCUT2D eigenvalue weighted by Crippen LogP contribution is 2.30. The fraction of sp³-hybridized carbons (Fsp3) is 0.308. The molecule has 2 heterocycles. The highest BCUT2D eigenvalue weighted by molar-refractivity contribution is 7.89. The van der Waals surface area contributed by atoms with Gasteiger partial charge in [-0.25, -0.2) is 13.2 Å². The third-order valence-corrected chi connectivity index (χ3v) is 6.12. The van der Waals surface area contributed by atoms with Crippen LogP contribution in [0.2, 0.25) is 0 Å².